The average molecular weight is 544 g/mol. The number of rotatable bonds is 4. The summed E-state index contributed by atoms with van der Waals surface area (Å²) in [7, 11) is -0.249. The Balaban J connectivity index is 0.000000308. The van der Waals surface area contributed by atoms with Crippen LogP contribution in [0.4, 0.5) is 0 Å². The van der Waals surface area contributed by atoms with Crippen molar-refractivity contribution >= 4 is 31.8 Å². The van der Waals surface area contributed by atoms with Crippen molar-refractivity contribution in [2.75, 3.05) is 6.16 Å². The van der Waals surface area contributed by atoms with Gasteiger partial charge in [-0.15, -0.1) is 5.30 Å². The van der Waals surface area contributed by atoms with Crippen molar-refractivity contribution in [3.63, 3.8) is 0 Å². The van der Waals surface area contributed by atoms with Crippen LogP contribution in [0.2, 0.25) is 0 Å². The molecule has 0 nitrogen and oxygen atoms in total. The van der Waals surface area contributed by atoms with Gasteiger partial charge in [0.1, 0.15) is 0 Å². The molecule has 0 aliphatic rings. The molecule has 0 saturated heterocycles. The Morgan fingerprint density at radius 3 is 1.20 bits per heavy atom. The zero-order chi connectivity index (χ0) is 25.0. The summed E-state index contributed by atoms with van der Waals surface area (Å²) < 4.78 is 0. The van der Waals surface area contributed by atoms with Crippen molar-refractivity contribution in [3.8, 4) is 0 Å². The van der Waals surface area contributed by atoms with E-state index in [1.165, 1.54) is 22.1 Å². The molecule has 0 unspecified atom stereocenters. The van der Waals surface area contributed by atoms with E-state index in [2.05, 4.69) is 133 Å². The molecule has 0 N–H and O–H groups in total. The standard InChI is InChI=1S/C17H14P.C10H23P.C5H5.Fe/c1-3-9-15(10-4-1)18(17-13-7-8-14-17)16-11-5-2-6-12-16;1-8-11(9(2,3)4)10(5,6)7;1-2-4-5-3-1;/h1-14H;8H2,1-7H3;1-5H;/q-1;;-5;. The Morgan fingerprint density at radius 1 is 0.600 bits per heavy atom. The summed E-state index contributed by atoms with van der Waals surface area (Å²) in [5, 5.41) is 5.27. The summed E-state index contributed by atoms with van der Waals surface area (Å²) in [6, 6.07) is 40.2. The Hall–Kier alpha value is -1.48. The molecule has 4 aromatic rings. The minimum Gasteiger partial charge on any atom is -0.748 e. The second kappa shape index (κ2) is 15.6. The van der Waals surface area contributed by atoms with Crippen LogP contribution in [0.1, 0.15) is 48.5 Å². The zero-order valence-electron chi connectivity index (χ0n) is 22.4. The number of benzene rings is 2. The topological polar surface area (TPSA) is 0 Å². The van der Waals surface area contributed by atoms with E-state index in [-0.39, 0.29) is 25.0 Å². The largest absolute Gasteiger partial charge is 0.748 e. The molecule has 35 heavy (non-hydrogen) atoms. The fraction of sp³-hybridized carbons (Fsp3) is 0.312. The van der Waals surface area contributed by atoms with E-state index < -0.39 is 7.92 Å². The summed E-state index contributed by atoms with van der Waals surface area (Å²) in [4.78, 5) is 0. The van der Waals surface area contributed by atoms with Gasteiger partial charge in [0.2, 0.25) is 0 Å². The normalized spacial score (nSPS) is 11.1. The van der Waals surface area contributed by atoms with Crippen molar-refractivity contribution in [1.29, 1.82) is 0 Å². The van der Waals surface area contributed by atoms with Gasteiger partial charge in [-0.25, -0.2) is 12.1 Å². The van der Waals surface area contributed by atoms with Crippen molar-refractivity contribution < 1.29 is 17.1 Å². The van der Waals surface area contributed by atoms with Crippen LogP contribution in [0.15, 0.2) is 115 Å². The molecule has 194 valence electrons. The smallest absolute Gasteiger partial charge is 0 e. The van der Waals surface area contributed by atoms with E-state index in [4.69, 9.17) is 0 Å². The molecule has 0 radical (unpaired) electrons. The van der Waals surface area contributed by atoms with Gasteiger partial charge in [-0.2, -0.15) is 12.1 Å². The average Bonchev–Trinajstić information content (AvgIpc) is 3.52. The minimum atomic E-state index is -0.409. The van der Waals surface area contributed by atoms with Crippen LogP contribution < -0.4 is 15.9 Å². The maximum atomic E-state index is 2.37. The molecular weight excluding hydrogens is 502 g/mol. The molecule has 0 aliphatic carbocycles. The van der Waals surface area contributed by atoms with Gasteiger partial charge in [0.15, 0.2) is 0 Å². The quantitative estimate of drug-likeness (QED) is 0.137. The van der Waals surface area contributed by atoms with E-state index in [9.17, 15) is 0 Å². The molecule has 0 atom stereocenters. The fourth-order valence-corrected chi connectivity index (χ4v) is 10.6. The van der Waals surface area contributed by atoms with Crippen LogP contribution in [0.3, 0.4) is 0 Å². The molecule has 3 heteroatoms. The third-order valence-electron chi connectivity index (χ3n) is 5.42. The summed E-state index contributed by atoms with van der Waals surface area (Å²) >= 11 is 0. The van der Waals surface area contributed by atoms with Gasteiger partial charge in [-0.3, -0.25) is 0 Å². The number of hydrogen-bond acceptors (Lipinski definition) is 0. The SMILES string of the molecule is CCP(C(C)(C)C)C(C)(C)C.[Fe].[cH-]1[cH-][cH-][cH-][cH-]1.c1ccc(P(c2ccccc2)[c-]2cccc2)cc1. The second-order valence-electron chi connectivity index (χ2n) is 10.2. The van der Waals surface area contributed by atoms with Crippen LogP contribution >= 0.6 is 15.8 Å². The molecule has 0 fully saturated rings. The van der Waals surface area contributed by atoms with Gasteiger partial charge in [-0.1, -0.05) is 125 Å². The fourth-order valence-electron chi connectivity index (χ4n) is 4.39. The third-order valence-corrected chi connectivity index (χ3v) is 11.7. The van der Waals surface area contributed by atoms with Crippen molar-refractivity contribution in [1.82, 2.24) is 0 Å². The summed E-state index contributed by atoms with van der Waals surface area (Å²) in [6.07, 6.45) is 1.35. The molecule has 0 saturated carbocycles. The van der Waals surface area contributed by atoms with Gasteiger partial charge < -0.3 is 30.3 Å². The molecule has 4 rings (SSSR count). The molecule has 0 aliphatic heterocycles. The summed E-state index contributed by atoms with van der Waals surface area (Å²) in [5.41, 5.74) is 0. The molecule has 0 bridgehead atoms. The first kappa shape index (κ1) is 31.5. The maximum Gasteiger partial charge on any atom is 0 e. The third kappa shape index (κ3) is 11.0. The molecule has 0 spiro atoms. The predicted octanol–water partition coefficient (Wildman–Crippen LogP) is 8.65. The van der Waals surface area contributed by atoms with E-state index in [1.54, 1.807) is 0 Å². The van der Waals surface area contributed by atoms with Gasteiger partial charge in [0.25, 0.3) is 0 Å². The first-order chi connectivity index (χ1) is 16.1. The van der Waals surface area contributed by atoms with Crippen LogP contribution in [-0.2, 0) is 17.1 Å². The molecule has 0 heterocycles. The van der Waals surface area contributed by atoms with Crippen molar-refractivity contribution in [2.45, 2.75) is 58.8 Å². The summed E-state index contributed by atoms with van der Waals surface area (Å²) in [6.45, 7) is 16.5. The van der Waals surface area contributed by atoms with Crippen molar-refractivity contribution in [2.24, 2.45) is 0 Å². The van der Waals surface area contributed by atoms with E-state index in [1.807, 2.05) is 30.3 Å². The Labute approximate surface area is 228 Å². The zero-order valence-corrected chi connectivity index (χ0v) is 25.3. The van der Waals surface area contributed by atoms with Gasteiger partial charge in [-0.05, 0) is 27.1 Å². The van der Waals surface area contributed by atoms with Crippen LogP contribution in [-0.4, -0.2) is 16.5 Å². The predicted molar refractivity (Wildman–Crippen MR) is 160 cm³/mol. The monoisotopic (exact) mass is 544 g/mol. The molecular formula is C32H42FeP2-6. The van der Waals surface area contributed by atoms with E-state index in [0.717, 1.165) is 0 Å². The van der Waals surface area contributed by atoms with Crippen LogP contribution in [0, 0.1) is 0 Å². The summed E-state index contributed by atoms with van der Waals surface area (Å²) in [5.74, 6) is 0. The molecule has 0 amide bonds. The Bertz CT molecular complexity index is 922. The van der Waals surface area contributed by atoms with Crippen LogP contribution in [0.5, 0.6) is 0 Å². The van der Waals surface area contributed by atoms with Crippen LogP contribution in [0.25, 0.3) is 0 Å². The van der Waals surface area contributed by atoms with Crippen molar-refractivity contribution in [3.05, 3.63) is 115 Å². The van der Waals surface area contributed by atoms with Gasteiger partial charge in [0, 0.05) is 17.1 Å². The second-order valence-corrected chi connectivity index (χ2v) is 16.6. The molecule has 4 aromatic carbocycles. The molecule has 0 aromatic heterocycles. The van der Waals surface area contributed by atoms with Gasteiger partial charge in [0.05, 0.1) is 0 Å². The number of hydrogen-bond donors (Lipinski definition) is 0. The van der Waals surface area contributed by atoms with E-state index in [0.29, 0.717) is 10.3 Å². The van der Waals surface area contributed by atoms with E-state index >= 15 is 0 Å². The minimum absolute atomic E-state index is 0. The first-order valence-corrected chi connectivity index (χ1v) is 15.1. The Morgan fingerprint density at radius 2 is 0.943 bits per heavy atom. The maximum absolute atomic E-state index is 2.37. The first-order valence-electron chi connectivity index (χ1n) is 12.2. The Kier molecular flexibility index (Phi) is 14.1. The van der Waals surface area contributed by atoms with Gasteiger partial charge >= 0.3 is 0 Å².